The molecule has 0 aliphatic carbocycles. The van der Waals surface area contributed by atoms with E-state index in [0.717, 1.165) is 74.3 Å². The predicted molar refractivity (Wildman–Crippen MR) is 121 cm³/mol. The molecule has 3 aromatic rings. The molecule has 1 amide bonds. The molecule has 2 aliphatic rings. The number of hydrogen-bond acceptors (Lipinski definition) is 5. The van der Waals surface area contributed by atoms with Gasteiger partial charge in [0.15, 0.2) is 5.65 Å². The third-order valence-corrected chi connectivity index (χ3v) is 6.64. The van der Waals surface area contributed by atoms with Crippen molar-refractivity contribution in [1.29, 1.82) is 0 Å². The van der Waals surface area contributed by atoms with E-state index in [1.807, 2.05) is 30.2 Å². The second-order valence-electron chi connectivity index (χ2n) is 8.92. The Morgan fingerprint density at radius 3 is 3.00 bits per heavy atom. The van der Waals surface area contributed by atoms with Crippen molar-refractivity contribution in [2.45, 2.75) is 64.6 Å². The Morgan fingerprint density at radius 1 is 1.28 bits per heavy atom. The molecule has 168 valence electrons. The molecular formula is C24H30N6O2. The van der Waals surface area contributed by atoms with Gasteiger partial charge in [-0.3, -0.25) is 24.6 Å². The molecule has 0 bridgehead atoms. The number of hydrogen-bond donors (Lipinski definition) is 1. The average molecular weight is 435 g/mol. The predicted octanol–water partition coefficient (Wildman–Crippen LogP) is 2.83. The molecule has 0 spiro atoms. The highest BCUT2D eigenvalue weighted by Crippen LogP contribution is 2.31. The highest BCUT2D eigenvalue weighted by molar-refractivity contribution is 5.76. The minimum atomic E-state index is -0.0330. The molecule has 3 aromatic heterocycles. The summed E-state index contributed by atoms with van der Waals surface area (Å²) in [5.74, 6) is 0.196. The summed E-state index contributed by atoms with van der Waals surface area (Å²) in [6.07, 6.45) is 8.84. The van der Waals surface area contributed by atoms with Crippen molar-refractivity contribution in [2.75, 3.05) is 13.1 Å². The molecule has 0 saturated carbocycles. The first kappa shape index (κ1) is 20.9. The molecular weight excluding hydrogens is 404 g/mol. The number of likely N-dealkylation sites (tertiary alicyclic amines) is 1. The monoisotopic (exact) mass is 434 g/mol. The van der Waals surface area contributed by atoms with Crippen LogP contribution in [-0.4, -0.2) is 48.4 Å². The Labute approximate surface area is 187 Å². The molecule has 1 fully saturated rings. The van der Waals surface area contributed by atoms with Gasteiger partial charge in [0.1, 0.15) is 0 Å². The van der Waals surface area contributed by atoms with E-state index in [1.54, 1.807) is 10.7 Å². The van der Waals surface area contributed by atoms with Crippen LogP contribution >= 0.6 is 0 Å². The van der Waals surface area contributed by atoms with E-state index in [4.69, 9.17) is 4.98 Å². The summed E-state index contributed by atoms with van der Waals surface area (Å²) in [5, 5.41) is 3.29. The second-order valence-corrected chi connectivity index (χ2v) is 8.92. The number of carbonyl (C=O) groups is 1. The van der Waals surface area contributed by atoms with E-state index in [2.05, 4.69) is 21.0 Å². The minimum absolute atomic E-state index is 0.0111. The van der Waals surface area contributed by atoms with Crippen molar-refractivity contribution in [3.05, 3.63) is 63.5 Å². The van der Waals surface area contributed by atoms with Crippen molar-refractivity contribution in [2.24, 2.45) is 0 Å². The minimum Gasteiger partial charge on any atom is -0.334 e. The second kappa shape index (κ2) is 8.86. The summed E-state index contributed by atoms with van der Waals surface area (Å²) in [5.41, 5.74) is 4.32. The summed E-state index contributed by atoms with van der Waals surface area (Å²) >= 11 is 0. The molecule has 32 heavy (non-hydrogen) atoms. The summed E-state index contributed by atoms with van der Waals surface area (Å²) < 4.78 is 1.57. The first-order valence-corrected chi connectivity index (χ1v) is 11.7. The first-order chi connectivity index (χ1) is 15.6. The normalized spacial score (nSPS) is 19.3. The zero-order chi connectivity index (χ0) is 22.1. The zero-order valence-corrected chi connectivity index (χ0v) is 18.6. The number of nitrogens with zero attached hydrogens (tertiary/aromatic N) is 5. The van der Waals surface area contributed by atoms with Gasteiger partial charge >= 0.3 is 0 Å². The smallest absolute Gasteiger partial charge is 0.277 e. The lowest BCUT2D eigenvalue weighted by molar-refractivity contribution is -0.135. The molecule has 5 rings (SSSR count). The van der Waals surface area contributed by atoms with Crippen molar-refractivity contribution in [3.8, 4) is 0 Å². The lowest BCUT2D eigenvalue weighted by atomic mass is 9.98. The fourth-order valence-electron chi connectivity index (χ4n) is 5.02. The van der Waals surface area contributed by atoms with Crippen LogP contribution in [0.4, 0.5) is 0 Å². The number of aromatic amines is 1. The maximum atomic E-state index is 13.4. The SMILES string of the molecule is CCCC(=O)N1CCCCC1c1cc2nc3c(c(=O)n2[nH]1)CN(Cc1cccnc1)CC3. The van der Waals surface area contributed by atoms with Crippen LogP contribution in [0.2, 0.25) is 0 Å². The number of H-pyrrole nitrogens is 1. The van der Waals surface area contributed by atoms with Crippen molar-refractivity contribution in [3.63, 3.8) is 0 Å². The number of amides is 1. The molecule has 8 nitrogen and oxygen atoms in total. The van der Waals surface area contributed by atoms with Crippen LogP contribution in [0.5, 0.6) is 0 Å². The molecule has 0 radical (unpaired) electrons. The number of rotatable bonds is 5. The van der Waals surface area contributed by atoms with Gasteiger partial charge in [-0.25, -0.2) is 9.50 Å². The van der Waals surface area contributed by atoms with Gasteiger partial charge in [-0.15, -0.1) is 0 Å². The van der Waals surface area contributed by atoms with Crippen LogP contribution in [0.15, 0.2) is 35.4 Å². The van der Waals surface area contributed by atoms with Crippen LogP contribution in [0.3, 0.4) is 0 Å². The van der Waals surface area contributed by atoms with Gasteiger partial charge in [-0.2, -0.15) is 0 Å². The third kappa shape index (κ3) is 3.95. The zero-order valence-electron chi connectivity index (χ0n) is 18.6. The van der Waals surface area contributed by atoms with E-state index in [-0.39, 0.29) is 17.5 Å². The van der Waals surface area contributed by atoms with E-state index < -0.39 is 0 Å². The Bertz CT molecular complexity index is 1170. The summed E-state index contributed by atoms with van der Waals surface area (Å²) in [7, 11) is 0. The summed E-state index contributed by atoms with van der Waals surface area (Å²) in [6.45, 7) is 5.02. The number of carbonyl (C=O) groups excluding carboxylic acids is 1. The van der Waals surface area contributed by atoms with Crippen molar-refractivity contribution in [1.82, 2.24) is 29.4 Å². The van der Waals surface area contributed by atoms with Gasteiger partial charge in [0.2, 0.25) is 5.91 Å². The Kier molecular flexibility index (Phi) is 5.78. The Balaban J connectivity index is 1.44. The van der Waals surface area contributed by atoms with Crippen LogP contribution in [-0.2, 0) is 24.3 Å². The van der Waals surface area contributed by atoms with Gasteiger partial charge in [-0.1, -0.05) is 13.0 Å². The Hall–Kier alpha value is -3.00. The van der Waals surface area contributed by atoms with Gasteiger partial charge in [-0.05, 0) is 37.3 Å². The van der Waals surface area contributed by atoms with E-state index in [9.17, 15) is 9.59 Å². The lowest BCUT2D eigenvalue weighted by Gasteiger charge is -2.35. The Morgan fingerprint density at radius 2 is 2.19 bits per heavy atom. The number of pyridine rings is 1. The average Bonchev–Trinajstić information content (AvgIpc) is 3.25. The van der Waals surface area contributed by atoms with Gasteiger partial charge in [0.05, 0.1) is 23.0 Å². The van der Waals surface area contributed by atoms with Gasteiger partial charge < -0.3 is 4.90 Å². The maximum Gasteiger partial charge on any atom is 0.277 e. The molecule has 1 unspecified atom stereocenters. The van der Waals surface area contributed by atoms with Crippen LogP contribution in [0, 0.1) is 0 Å². The number of nitrogens with one attached hydrogen (secondary N) is 1. The lowest BCUT2D eigenvalue weighted by Crippen LogP contribution is -2.38. The summed E-state index contributed by atoms with van der Waals surface area (Å²) in [4.78, 5) is 39.3. The number of fused-ring (bicyclic) bond motifs is 2. The number of piperidine rings is 1. The maximum absolute atomic E-state index is 13.4. The first-order valence-electron chi connectivity index (χ1n) is 11.7. The number of aromatic nitrogens is 4. The highest BCUT2D eigenvalue weighted by Gasteiger charge is 2.30. The molecule has 2 aliphatic heterocycles. The fourth-order valence-corrected chi connectivity index (χ4v) is 5.02. The van der Waals surface area contributed by atoms with E-state index in [1.165, 1.54) is 0 Å². The quantitative estimate of drug-likeness (QED) is 0.667. The van der Waals surface area contributed by atoms with E-state index in [0.29, 0.717) is 18.6 Å². The van der Waals surface area contributed by atoms with Crippen LogP contribution in [0.1, 0.15) is 67.6 Å². The van der Waals surface area contributed by atoms with Crippen LogP contribution in [0.25, 0.3) is 5.65 Å². The molecule has 1 saturated heterocycles. The third-order valence-electron chi connectivity index (χ3n) is 6.64. The van der Waals surface area contributed by atoms with Crippen LogP contribution < -0.4 is 5.56 Å². The van der Waals surface area contributed by atoms with Crippen molar-refractivity contribution < 1.29 is 4.79 Å². The molecule has 8 heteroatoms. The highest BCUT2D eigenvalue weighted by atomic mass is 16.2. The standard InChI is InChI=1S/C24H30N6O2/c1-2-6-23(31)29-11-4-3-8-21(29)20-13-22-26-19-9-12-28(15-17-7-5-10-25-14-17)16-18(19)24(32)30(22)27-20/h5,7,10,13-14,21,27H,2-4,6,8-9,11-12,15-16H2,1H3. The molecule has 5 heterocycles. The molecule has 1 N–H and O–H groups in total. The largest absolute Gasteiger partial charge is 0.334 e. The topological polar surface area (TPSA) is 86.6 Å². The van der Waals surface area contributed by atoms with Gasteiger partial charge in [0, 0.05) is 57.5 Å². The van der Waals surface area contributed by atoms with Crippen molar-refractivity contribution >= 4 is 11.6 Å². The van der Waals surface area contributed by atoms with E-state index >= 15 is 0 Å². The molecule has 1 atom stereocenters. The molecule has 0 aromatic carbocycles. The summed E-state index contributed by atoms with van der Waals surface area (Å²) in [6, 6.07) is 5.95. The fraction of sp³-hybridized carbons (Fsp3) is 0.500. The van der Waals surface area contributed by atoms with Gasteiger partial charge in [0.25, 0.3) is 5.56 Å².